The van der Waals surface area contributed by atoms with Crippen LogP contribution in [-0.2, 0) is 6.18 Å². The molecule has 70 heavy (non-hydrogen) atoms. The fourth-order valence-electron chi connectivity index (χ4n) is 9.20. The Labute approximate surface area is 401 Å². The van der Waals surface area contributed by atoms with Crippen molar-refractivity contribution in [3.05, 3.63) is 234 Å². The molecule has 2 aromatic heterocycles. The summed E-state index contributed by atoms with van der Waals surface area (Å²) in [7, 11) is 0. The summed E-state index contributed by atoms with van der Waals surface area (Å²) in [4.78, 5) is 19.0. The van der Waals surface area contributed by atoms with Crippen LogP contribution in [-0.4, -0.2) is 19.5 Å². The summed E-state index contributed by atoms with van der Waals surface area (Å²) in [6.07, 6.45) is -4.55. The number of benzene rings is 9. The Morgan fingerprint density at radius 1 is 0.471 bits per heavy atom. The number of hydrogen-bond donors (Lipinski definition) is 0. The summed E-state index contributed by atoms with van der Waals surface area (Å²) >= 11 is 0. The van der Waals surface area contributed by atoms with Crippen molar-refractivity contribution >= 4 is 27.5 Å². The van der Waals surface area contributed by atoms with E-state index < -0.39 is 11.7 Å². The molecular formula is C61H37F3N6. The highest BCUT2D eigenvalue weighted by Gasteiger charge is 2.31. The molecule has 0 amide bonds. The summed E-state index contributed by atoms with van der Waals surface area (Å²) < 4.78 is 45.0. The van der Waals surface area contributed by atoms with Crippen LogP contribution in [0.4, 0.5) is 18.9 Å². The number of nitriles is 1. The topological polar surface area (TPSA) is 71.8 Å². The Morgan fingerprint density at radius 2 is 0.929 bits per heavy atom. The molecule has 0 N–H and O–H groups in total. The van der Waals surface area contributed by atoms with E-state index in [1.807, 2.05) is 146 Å². The fourth-order valence-corrected chi connectivity index (χ4v) is 9.20. The van der Waals surface area contributed by atoms with Crippen LogP contribution in [0.25, 0.3) is 111 Å². The van der Waals surface area contributed by atoms with Gasteiger partial charge in [-0.2, -0.15) is 18.4 Å². The number of alkyl halides is 3. The predicted octanol–water partition coefficient (Wildman–Crippen LogP) is 16.4. The lowest BCUT2D eigenvalue weighted by Crippen LogP contribution is -2.05. The number of fused-ring (bicyclic) bond motifs is 3. The number of hydrogen-bond acceptors (Lipinski definition) is 4. The molecule has 0 bridgehead atoms. The molecule has 11 rings (SSSR count). The second-order valence-corrected chi connectivity index (χ2v) is 17.0. The van der Waals surface area contributed by atoms with Crippen LogP contribution in [0.15, 0.2) is 206 Å². The molecule has 0 spiro atoms. The van der Waals surface area contributed by atoms with Crippen molar-refractivity contribution in [1.29, 1.82) is 5.26 Å². The first-order chi connectivity index (χ1) is 34.1. The lowest BCUT2D eigenvalue weighted by atomic mass is 9.91. The van der Waals surface area contributed by atoms with Crippen molar-refractivity contribution < 1.29 is 13.2 Å². The van der Waals surface area contributed by atoms with Crippen molar-refractivity contribution in [1.82, 2.24) is 19.5 Å². The van der Waals surface area contributed by atoms with Crippen LogP contribution in [0, 0.1) is 24.8 Å². The maximum absolute atomic E-state index is 14.3. The molecule has 11 aromatic rings. The van der Waals surface area contributed by atoms with Gasteiger partial charge in [-0.25, -0.2) is 19.8 Å². The smallest absolute Gasteiger partial charge is 0.308 e. The molecule has 0 saturated heterocycles. The Hall–Kier alpha value is -9.44. The minimum absolute atomic E-state index is 0.381. The zero-order chi connectivity index (χ0) is 47.9. The van der Waals surface area contributed by atoms with Crippen molar-refractivity contribution in [2.45, 2.75) is 13.1 Å². The van der Waals surface area contributed by atoms with E-state index in [4.69, 9.17) is 21.5 Å². The molecular weight excluding hydrogens is 874 g/mol. The molecule has 9 heteroatoms. The second-order valence-electron chi connectivity index (χ2n) is 17.0. The normalized spacial score (nSPS) is 11.4. The van der Waals surface area contributed by atoms with Gasteiger partial charge in [0.15, 0.2) is 23.2 Å². The molecule has 0 fully saturated rings. The van der Waals surface area contributed by atoms with Gasteiger partial charge in [-0.15, -0.1) is 0 Å². The first kappa shape index (κ1) is 43.1. The lowest BCUT2D eigenvalue weighted by Gasteiger charge is -2.21. The van der Waals surface area contributed by atoms with E-state index in [1.165, 1.54) is 12.1 Å². The van der Waals surface area contributed by atoms with Crippen LogP contribution in [0.1, 0.15) is 16.7 Å². The highest BCUT2D eigenvalue weighted by atomic mass is 19.4. The van der Waals surface area contributed by atoms with Crippen molar-refractivity contribution in [3.8, 4) is 90.4 Å². The van der Waals surface area contributed by atoms with E-state index in [9.17, 15) is 18.4 Å². The van der Waals surface area contributed by atoms with E-state index in [-0.39, 0.29) is 0 Å². The standard InChI is InChI=1S/C61H37F3N6/c1-38-21-23-39(24-22-38)50-35-46(60-68-58(41-13-5-3-6-14-41)67-59(69-60)42-15-7-4-8-16-42)36-51(40-25-29-47(30-26-40)61(62,63)64)57(50)70-55-31-27-43(48-18-10-9-17-45(48)37-65)33-52(55)53-34-44(28-32-56(53)70)49-19-11-12-20-54(49)66-2/h3-36H,1H3. The van der Waals surface area contributed by atoms with Gasteiger partial charge in [0.25, 0.3) is 0 Å². The summed E-state index contributed by atoms with van der Waals surface area (Å²) in [5, 5.41) is 11.9. The van der Waals surface area contributed by atoms with Crippen LogP contribution in [0.5, 0.6) is 0 Å². The average molecular weight is 911 g/mol. The molecule has 0 aliphatic rings. The molecule has 0 aliphatic heterocycles. The Balaban J connectivity index is 1.27. The maximum atomic E-state index is 14.3. The molecule has 332 valence electrons. The van der Waals surface area contributed by atoms with Gasteiger partial charge in [0.05, 0.1) is 40.5 Å². The van der Waals surface area contributed by atoms with Crippen molar-refractivity contribution in [2.24, 2.45) is 0 Å². The van der Waals surface area contributed by atoms with Gasteiger partial charge in [-0.05, 0) is 94.9 Å². The van der Waals surface area contributed by atoms with Crippen LogP contribution < -0.4 is 0 Å². The third kappa shape index (κ3) is 7.92. The van der Waals surface area contributed by atoms with E-state index in [2.05, 4.69) is 45.8 Å². The summed E-state index contributed by atoms with van der Waals surface area (Å²) in [6, 6.07) is 66.4. The number of para-hydroxylation sites is 1. The number of rotatable bonds is 8. The van der Waals surface area contributed by atoms with Gasteiger partial charge in [0.2, 0.25) is 0 Å². The van der Waals surface area contributed by atoms with Gasteiger partial charge in [-0.1, -0.05) is 157 Å². The van der Waals surface area contributed by atoms with Crippen LogP contribution in [0.3, 0.4) is 0 Å². The number of aryl methyl sites for hydroxylation is 1. The second kappa shape index (κ2) is 17.7. The van der Waals surface area contributed by atoms with Gasteiger partial charge in [0, 0.05) is 38.6 Å². The molecule has 6 nitrogen and oxygen atoms in total. The van der Waals surface area contributed by atoms with Gasteiger partial charge >= 0.3 is 6.18 Å². The first-order valence-electron chi connectivity index (χ1n) is 22.5. The van der Waals surface area contributed by atoms with E-state index in [1.54, 1.807) is 12.1 Å². The number of halogens is 3. The van der Waals surface area contributed by atoms with E-state index >= 15 is 0 Å². The molecule has 0 atom stereocenters. The first-order valence-corrected chi connectivity index (χ1v) is 22.5. The summed E-state index contributed by atoms with van der Waals surface area (Å²) in [5.74, 6) is 1.31. The largest absolute Gasteiger partial charge is 0.416 e. The summed E-state index contributed by atoms with van der Waals surface area (Å²) in [6.45, 7) is 10.0. The zero-order valence-electron chi connectivity index (χ0n) is 37.4. The number of aromatic nitrogens is 4. The Kier molecular flexibility index (Phi) is 10.9. The van der Waals surface area contributed by atoms with Gasteiger partial charge in [-0.3, -0.25) is 0 Å². The third-order valence-corrected chi connectivity index (χ3v) is 12.6. The molecule has 0 saturated carbocycles. The average Bonchev–Trinajstić information content (AvgIpc) is 3.73. The van der Waals surface area contributed by atoms with Crippen LogP contribution >= 0.6 is 0 Å². The van der Waals surface area contributed by atoms with E-state index in [0.29, 0.717) is 51.1 Å². The summed E-state index contributed by atoms with van der Waals surface area (Å²) in [5.41, 5.74) is 11.9. The number of nitrogens with zero attached hydrogens (tertiary/aromatic N) is 6. The zero-order valence-corrected chi connectivity index (χ0v) is 37.4. The Bertz CT molecular complexity index is 3710. The minimum Gasteiger partial charge on any atom is -0.308 e. The maximum Gasteiger partial charge on any atom is 0.416 e. The highest BCUT2D eigenvalue weighted by Crippen LogP contribution is 2.46. The predicted molar refractivity (Wildman–Crippen MR) is 273 cm³/mol. The van der Waals surface area contributed by atoms with Crippen molar-refractivity contribution in [3.63, 3.8) is 0 Å². The van der Waals surface area contributed by atoms with Gasteiger partial charge < -0.3 is 4.57 Å². The monoisotopic (exact) mass is 910 g/mol. The molecule has 0 unspecified atom stereocenters. The third-order valence-electron chi connectivity index (χ3n) is 12.6. The van der Waals surface area contributed by atoms with Crippen LogP contribution in [0.2, 0.25) is 0 Å². The van der Waals surface area contributed by atoms with E-state index in [0.717, 1.165) is 84.0 Å². The fraction of sp³-hybridized carbons (Fsp3) is 0.0328. The highest BCUT2D eigenvalue weighted by molar-refractivity contribution is 6.13. The molecule has 2 heterocycles. The molecule has 0 aliphatic carbocycles. The van der Waals surface area contributed by atoms with Crippen molar-refractivity contribution in [2.75, 3.05) is 0 Å². The molecule has 9 aromatic carbocycles. The minimum atomic E-state index is -4.55. The lowest BCUT2D eigenvalue weighted by molar-refractivity contribution is -0.137. The molecule has 0 radical (unpaired) electrons. The van der Waals surface area contributed by atoms with Gasteiger partial charge in [0.1, 0.15) is 0 Å². The quantitative estimate of drug-likeness (QED) is 0.142. The Morgan fingerprint density at radius 3 is 1.46 bits per heavy atom. The SMILES string of the molecule is [C-]#[N+]c1ccccc1-c1ccc2c(c1)c1cc(-c3ccccc3C#N)ccc1n2-c1c(-c2ccc(C)cc2)cc(-c2nc(-c3ccccc3)nc(-c3ccccc3)n2)cc1-c1ccc(C(F)(F)F)cc1.